The van der Waals surface area contributed by atoms with Gasteiger partial charge in [-0.25, -0.2) is 0 Å². The van der Waals surface area contributed by atoms with Gasteiger partial charge in [0, 0.05) is 5.92 Å². The second kappa shape index (κ2) is 4.50. The summed E-state index contributed by atoms with van der Waals surface area (Å²) in [5.41, 5.74) is 0. The van der Waals surface area contributed by atoms with Crippen molar-refractivity contribution in [2.24, 2.45) is 5.92 Å². The molecule has 1 aliphatic rings. The maximum absolute atomic E-state index is 11.7. The second-order valence-electron chi connectivity index (χ2n) is 3.08. The Morgan fingerprint density at radius 3 is 2.75 bits per heavy atom. The molecule has 1 aliphatic carbocycles. The minimum Gasteiger partial charge on any atom is -0.320 e. The Morgan fingerprint density at radius 2 is 2.17 bits per heavy atom. The second-order valence-corrected chi connectivity index (χ2v) is 3.08. The van der Waals surface area contributed by atoms with Gasteiger partial charge in [-0.1, -0.05) is 6.42 Å². The molecule has 0 radical (unpaired) electrons. The van der Waals surface area contributed by atoms with E-state index >= 15 is 0 Å². The zero-order valence-electron chi connectivity index (χ0n) is 6.71. The summed E-state index contributed by atoms with van der Waals surface area (Å²) in [5, 5.41) is 0. The maximum atomic E-state index is 11.7. The molecule has 0 bridgehead atoms. The summed E-state index contributed by atoms with van der Waals surface area (Å²) in [4.78, 5) is 10.3. The molecule has 0 amide bonds. The summed E-state index contributed by atoms with van der Waals surface area (Å²) < 4.78 is 27.8. The van der Waals surface area contributed by atoms with E-state index in [1.807, 2.05) is 0 Å². The van der Waals surface area contributed by atoms with Gasteiger partial charge in [0.1, 0.15) is 6.29 Å². The first-order chi connectivity index (χ1) is 5.72. The van der Waals surface area contributed by atoms with E-state index in [-0.39, 0.29) is 5.92 Å². The van der Waals surface area contributed by atoms with Crippen molar-refractivity contribution in [2.45, 2.75) is 38.4 Å². The zero-order valence-corrected chi connectivity index (χ0v) is 6.71. The highest BCUT2D eigenvalue weighted by Crippen LogP contribution is 2.25. The first-order valence-electron chi connectivity index (χ1n) is 4.11. The summed E-state index contributed by atoms with van der Waals surface area (Å²) in [6, 6.07) is 0. The third kappa shape index (κ3) is 2.85. The van der Waals surface area contributed by atoms with Crippen molar-refractivity contribution in [3.05, 3.63) is 0 Å². The van der Waals surface area contributed by atoms with Gasteiger partial charge in [-0.15, -0.1) is 0 Å². The normalized spacial score (nSPS) is 30.6. The molecule has 0 aromatic heterocycles. The van der Waals surface area contributed by atoms with Crippen LogP contribution >= 0.6 is 0 Å². The van der Waals surface area contributed by atoms with Crippen LogP contribution in [0.5, 0.6) is 0 Å². The average molecular weight is 178 g/mol. The molecule has 0 aromatic rings. The fourth-order valence-electron chi connectivity index (χ4n) is 1.57. The van der Waals surface area contributed by atoms with Crippen LogP contribution in [0.4, 0.5) is 8.78 Å². The quantitative estimate of drug-likeness (QED) is 0.618. The average Bonchev–Trinajstić information content (AvgIpc) is 2.03. The number of carbonyl (C=O) groups excluding carboxylic acids is 1. The Bertz CT molecular complexity index is 150. The highest BCUT2D eigenvalue weighted by molar-refractivity contribution is 5.53. The molecule has 1 rings (SSSR count). The number of carbonyl (C=O) groups is 1. The standard InChI is InChI=1S/C8H12F2O2/c9-8(10)12-7-3-1-2-6(4-7)5-11/h5-8H,1-4H2. The summed E-state index contributed by atoms with van der Waals surface area (Å²) in [6.45, 7) is -2.71. The number of ether oxygens (including phenoxy) is 1. The minimum absolute atomic E-state index is 0.0810. The summed E-state index contributed by atoms with van der Waals surface area (Å²) in [6.07, 6.45) is 3.13. The molecule has 1 fully saturated rings. The highest BCUT2D eigenvalue weighted by Gasteiger charge is 2.24. The van der Waals surface area contributed by atoms with Crippen molar-refractivity contribution in [3.63, 3.8) is 0 Å². The molecule has 1 saturated carbocycles. The first kappa shape index (κ1) is 9.58. The van der Waals surface area contributed by atoms with Crippen LogP contribution in [0, 0.1) is 5.92 Å². The third-order valence-electron chi connectivity index (χ3n) is 2.15. The van der Waals surface area contributed by atoms with E-state index < -0.39 is 12.7 Å². The van der Waals surface area contributed by atoms with Crippen molar-refractivity contribution < 1.29 is 18.3 Å². The van der Waals surface area contributed by atoms with Gasteiger partial charge in [-0.3, -0.25) is 0 Å². The van der Waals surface area contributed by atoms with Crippen LogP contribution in [-0.4, -0.2) is 19.0 Å². The molecular weight excluding hydrogens is 166 g/mol. The van der Waals surface area contributed by atoms with E-state index in [1.165, 1.54) is 0 Å². The summed E-state index contributed by atoms with van der Waals surface area (Å²) in [7, 11) is 0. The van der Waals surface area contributed by atoms with Gasteiger partial charge in [0.05, 0.1) is 6.10 Å². The number of rotatable bonds is 3. The number of hydrogen-bond donors (Lipinski definition) is 0. The maximum Gasteiger partial charge on any atom is 0.345 e. The van der Waals surface area contributed by atoms with Crippen LogP contribution in [0.1, 0.15) is 25.7 Å². The fraction of sp³-hybridized carbons (Fsp3) is 0.875. The Balaban J connectivity index is 2.30. The molecule has 0 aromatic carbocycles. The Labute approximate surface area is 69.9 Å². The molecule has 0 heterocycles. The minimum atomic E-state index is -2.71. The number of halogens is 2. The zero-order chi connectivity index (χ0) is 8.97. The van der Waals surface area contributed by atoms with E-state index in [2.05, 4.69) is 4.74 Å². The monoisotopic (exact) mass is 178 g/mol. The van der Waals surface area contributed by atoms with E-state index in [0.29, 0.717) is 12.8 Å². The predicted octanol–water partition coefficient (Wildman–Crippen LogP) is 1.98. The van der Waals surface area contributed by atoms with Crippen LogP contribution in [0.15, 0.2) is 0 Å². The topological polar surface area (TPSA) is 26.3 Å². The van der Waals surface area contributed by atoms with Crippen LogP contribution in [0.2, 0.25) is 0 Å². The Morgan fingerprint density at radius 1 is 1.42 bits per heavy atom. The lowest BCUT2D eigenvalue weighted by Crippen LogP contribution is -2.25. The molecule has 2 nitrogen and oxygen atoms in total. The molecule has 0 N–H and O–H groups in total. The smallest absolute Gasteiger partial charge is 0.320 e. The van der Waals surface area contributed by atoms with Crippen molar-refractivity contribution in [3.8, 4) is 0 Å². The van der Waals surface area contributed by atoms with Crippen LogP contribution < -0.4 is 0 Å². The molecule has 70 valence electrons. The Kier molecular flexibility index (Phi) is 3.59. The molecular formula is C8H12F2O2. The van der Waals surface area contributed by atoms with Gasteiger partial charge >= 0.3 is 6.61 Å². The Hall–Kier alpha value is -0.510. The first-order valence-corrected chi connectivity index (χ1v) is 4.11. The van der Waals surface area contributed by atoms with Gasteiger partial charge in [0.2, 0.25) is 0 Å². The van der Waals surface area contributed by atoms with Gasteiger partial charge in [0.15, 0.2) is 0 Å². The van der Waals surface area contributed by atoms with E-state index in [0.717, 1.165) is 19.1 Å². The predicted molar refractivity (Wildman–Crippen MR) is 38.9 cm³/mol. The largest absolute Gasteiger partial charge is 0.345 e. The molecule has 2 unspecified atom stereocenters. The van der Waals surface area contributed by atoms with Crippen molar-refractivity contribution in [1.29, 1.82) is 0 Å². The molecule has 4 heteroatoms. The van der Waals surface area contributed by atoms with E-state index in [4.69, 9.17) is 0 Å². The summed E-state index contributed by atoms with van der Waals surface area (Å²) >= 11 is 0. The van der Waals surface area contributed by atoms with Crippen LogP contribution in [-0.2, 0) is 9.53 Å². The van der Waals surface area contributed by atoms with Gasteiger partial charge < -0.3 is 9.53 Å². The van der Waals surface area contributed by atoms with Crippen molar-refractivity contribution in [1.82, 2.24) is 0 Å². The van der Waals surface area contributed by atoms with Gasteiger partial charge in [-0.2, -0.15) is 8.78 Å². The molecule has 12 heavy (non-hydrogen) atoms. The number of aldehydes is 1. The molecule has 2 atom stereocenters. The molecule has 0 spiro atoms. The lowest BCUT2D eigenvalue weighted by molar-refractivity contribution is -0.173. The van der Waals surface area contributed by atoms with E-state index in [9.17, 15) is 13.6 Å². The van der Waals surface area contributed by atoms with Crippen molar-refractivity contribution in [2.75, 3.05) is 0 Å². The lowest BCUT2D eigenvalue weighted by atomic mass is 9.88. The van der Waals surface area contributed by atoms with Crippen molar-refractivity contribution >= 4 is 6.29 Å². The third-order valence-corrected chi connectivity index (χ3v) is 2.15. The van der Waals surface area contributed by atoms with Gasteiger partial charge in [0.25, 0.3) is 0 Å². The summed E-state index contributed by atoms with van der Waals surface area (Å²) in [5.74, 6) is -0.0810. The SMILES string of the molecule is O=CC1CCCC(OC(F)F)C1. The molecule has 0 saturated heterocycles. The molecule has 0 aliphatic heterocycles. The van der Waals surface area contributed by atoms with E-state index in [1.54, 1.807) is 0 Å². The fourth-order valence-corrected chi connectivity index (χ4v) is 1.57. The van der Waals surface area contributed by atoms with Crippen LogP contribution in [0.3, 0.4) is 0 Å². The van der Waals surface area contributed by atoms with Crippen LogP contribution in [0.25, 0.3) is 0 Å². The number of hydrogen-bond acceptors (Lipinski definition) is 2. The highest BCUT2D eigenvalue weighted by atomic mass is 19.3. The number of alkyl halides is 2. The van der Waals surface area contributed by atoms with Gasteiger partial charge in [-0.05, 0) is 19.3 Å². The lowest BCUT2D eigenvalue weighted by Gasteiger charge is -2.25.